The number of benzene rings is 1. The predicted molar refractivity (Wildman–Crippen MR) is 133 cm³/mol. The SMILES string of the molecule is O=C(O)c1cc(C(=O)O)cc(-c2ccc([C@@H]3[C@@H](c4ccccn4)NC(=S)N3Cc3ccncc3)o2)c1. The number of pyridine rings is 2. The molecule has 0 aliphatic carbocycles. The van der Waals surface area contributed by atoms with Gasteiger partial charge >= 0.3 is 11.9 Å². The number of carbonyl (C=O) groups is 2. The molecule has 0 spiro atoms. The summed E-state index contributed by atoms with van der Waals surface area (Å²) in [7, 11) is 0. The van der Waals surface area contributed by atoms with Gasteiger partial charge in [0, 0.05) is 30.7 Å². The molecule has 36 heavy (non-hydrogen) atoms. The second kappa shape index (κ2) is 9.59. The Morgan fingerprint density at radius 2 is 1.69 bits per heavy atom. The highest BCUT2D eigenvalue weighted by molar-refractivity contribution is 7.80. The lowest BCUT2D eigenvalue weighted by Gasteiger charge is -2.26. The van der Waals surface area contributed by atoms with E-state index in [2.05, 4.69) is 15.3 Å². The summed E-state index contributed by atoms with van der Waals surface area (Å²) in [6.07, 6.45) is 5.14. The zero-order valence-electron chi connectivity index (χ0n) is 18.7. The first-order chi connectivity index (χ1) is 17.4. The van der Waals surface area contributed by atoms with Crippen LogP contribution in [0, 0.1) is 0 Å². The topological polar surface area (TPSA) is 129 Å². The molecule has 0 amide bonds. The molecule has 0 saturated carbocycles. The zero-order chi connectivity index (χ0) is 25.2. The third kappa shape index (κ3) is 4.53. The molecule has 1 saturated heterocycles. The van der Waals surface area contributed by atoms with E-state index < -0.39 is 11.9 Å². The Bertz CT molecular complexity index is 1410. The van der Waals surface area contributed by atoms with Gasteiger partial charge in [-0.1, -0.05) is 6.07 Å². The molecule has 0 bridgehead atoms. The molecule has 9 nitrogen and oxygen atoms in total. The highest BCUT2D eigenvalue weighted by Crippen LogP contribution is 2.41. The summed E-state index contributed by atoms with van der Waals surface area (Å²) in [5.41, 5.74) is 1.85. The Balaban J connectivity index is 1.56. The van der Waals surface area contributed by atoms with Gasteiger partial charge in [0.2, 0.25) is 0 Å². The molecule has 1 aromatic carbocycles. The molecule has 1 fully saturated rings. The van der Waals surface area contributed by atoms with E-state index in [1.807, 2.05) is 35.2 Å². The number of furan rings is 1. The molecule has 2 atom stereocenters. The van der Waals surface area contributed by atoms with Gasteiger partial charge < -0.3 is 24.8 Å². The van der Waals surface area contributed by atoms with Crippen molar-refractivity contribution in [3.05, 3.63) is 107 Å². The number of hydrogen-bond acceptors (Lipinski definition) is 6. The Kier molecular flexibility index (Phi) is 6.17. The third-order valence-electron chi connectivity index (χ3n) is 5.93. The molecule has 5 rings (SSSR count). The normalized spacial score (nSPS) is 17.1. The van der Waals surface area contributed by atoms with Crippen LogP contribution in [-0.2, 0) is 6.54 Å². The van der Waals surface area contributed by atoms with Crippen LogP contribution in [0.25, 0.3) is 11.3 Å². The van der Waals surface area contributed by atoms with Crippen molar-refractivity contribution >= 4 is 29.3 Å². The van der Waals surface area contributed by atoms with E-state index in [1.54, 1.807) is 30.7 Å². The number of aromatic nitrogens is 2. The zero-order valence-corrected chi connectivity index (χ0v) is 19.6. The number of nitrogens with zero attached hydrogens (tertiary/aromatic N) is 3. The van der Waals surface area contributed by atoms with Crippen LogP contribution in [0.3, 0.4) is 0 Å². The van der Waals surface area contributed by atoms with E-state index >= 15 is 0 Å². The minimum absolute atomic E-state index is 0.141. The predicted octanol–water partition coefficient (Wildman–Crippen LogP) is 4.31. The van der Waals surface area contributed by atoms with Gasteiger partial charge in [0.1, 0.15) is 17.6 Å². The van der Waals surface area contributed by atoms with Crippen molar-refractivity contribution in [3.8, 4) is 11.3 Å². The van der Waals surface area contributed by atoms with E-state index in [-0.39, 0.29) is 23.2 Å². The molecule has 4 aromatic rings. The number of carboxylic acids is 2. The van der Waals surface area contributed by atoms with Gasteiger partial charge in [-0.15, -0.1) is 0 Å². The number of carboxylic acid groups (broad SMARTS) is 2. The van der Waals surface area contributed by atoms with Crippen molar-refractivity contribution in [3.63, 3.8) is 0 Å². The van der Waals surface area contributed by atoms with Crippen LogP contribution in [0.1, 0.15) is 49.8 Å². The summed E-state index contributed by atoms with van der Waals surface area (Å²) in [4.78, 5) is 33.7. The number of thiocarbonyl (C=S) groups is 1. The first-order valence-electron chi connectivity index (χ1n) is 11.0. The van der Waals surface area contributed by atoms with Gasteiger partial charge in [0.05, 0.1) is 22.9 Å². The Morgan fingerprint density at radius 3 is 2.33 bits per heavy atom. The van der Waals surface area contributed by atoms with Crippen molar-refractivity contribution in [2.75, 3.05) is 0 Å². The second-order valence-corrected chi connectivity index (χ2v) is 8.61. The molecular formula is C26H20N4O5S. The van der Waals surface area contributed by atoms with Gasteiger partial charge in [-0.05, 0) is 72.4 Å². The minimum Gasteiger partial charge on any atom is -0.478 e. The largest absolute Gasteiger partial charge is 0.478 e. The van der Waals surface area contributed by atoms with Crippen LogP contribution >= 0.6 is 12.2 Å². The van der Waals surface area contributed by atoms with Crippen LogP contribution in [-0.4, -0.2) is 42.1 Å². The molecule has 1 aliphatic rings. The van der Waals surface area contributed by atoms with Crippen molar-refractivity contribution in [1.82, 2.24) is 20.2 Å². The molecule has 1 aliphatic heterocycles. The molecular weight excluding hydrogens is 480 g/mol. The summed E-state index contributed by atoms with van der Waals surface area (Å²) in [5, 5.41) is 22.8. The standard InChI is InChI=1S/C26H20N4O5S/c31-24(32)17-11-16(12-18(13-17)25(33)34)20-4-5-21(35-20)23-22(19-3-1-2-8-28-19)29-26(36)30(23)14-15-6-9-27-10-7-15/h1-13,22-23H,14H2,(H,29,36)(H,31,32)(H,33,34)/t22-,23-/m1/s1. The van der Waals surface area contributed by atoms with Crippen molar-refractivity contribution < 1.29 is 24.2 Å². The summed E-state index contributed by atoms with van der Waals surface area (Å²) < 4.78 is 6.22. The van der Waals surface area contributed by atoms with E-state index in [1.165, 1.54) is 12.1 Å². The van der Waals surface area contributed by atoms with E-state index in [0.717, 1.165) is 17.3 Å². The van der Waals surface area contributed by atoms with Gasteiger partial charge in [0.25, 0.3) is 0 Å². The summed E-state index contributed by atoms with van der Waals surface area (Å²) >= 11 is 5.68. The minimum atomic E-state index is -1.23. The van der Waals surface area contributed by atoms with E-state index in [0.29, 0.717) is 28.7 Å². The van der Waals surface area contributed by atoms with Crippen LogP contribution in [0.4, 0.5) is 0 Å². The Labute approximate surface area is 211 Å². The average Bonchev–Trinajstić information content (AvgIpc) is 3.50. The molecule has 3 N–H and O–H groups in total. The second-order valence-electron chi connectivity index (χ2n) is 8.22. The monoisotopic (exact) mass is 500 g/mol. The maximum atomic E-state index is 11.6. The van der Waals surface area contributed by atoms with Crippen LogP contribution < -0.4 is 5.32 Å². The van der Waals surface area contributed by atoms with Crippen LogP contribution in [0.5, 0.6) is 0 Å². The lowest BCUT2D eigenvalue weighted by molar-refractivity contribution is 0.0696. The fourth-order valence-corrected chi connectivity index (χ4v) is 4.56. The maximum Gasteiger partial charge on any atom is 0.335 e. The van der Waals surface area contributed by atoms with Crippen molar-refractivity contribution in [1.29, 1.82) is 0 Å². The maximum absolute atomic E-state index is 11.6. The summed E-state index contributed by atoms with van der Waals surface area (Å²) in [6, 6.07) is 16.2. The molecule has 3 aromatic heterocycles. The molecule has 180 valence electrons. The first kappa shape index (κ1) is 23.2. The molecule has 4 heterocycles. The van der Waals surface area contributed by atoms with Gasteiger partial charge in [0.15, 0.2) is 5.11 Å². The van der Waals surface area contributed by atoms with Crippen molar-refractivity contribution in [2.24, 2.45) is 0 Å². The fraction of sp³-hybridized carbons (Fsp3) is 0.115. The summed E-state index contributed by atoms with van der Waals surface area (Å²) in [5.74, 6) is -1.54. The van der Waals surface area contributed by atoms with Gasteiger partial charge in [-0.25, -0.2) is 9.59 Å². The third-order valence-corrected chi connectivity index (χ3v) is 6.28. The lowest BCUT2D eigenvalue weighted by atomic mass is 10.0. The van der Waals surface area contributed by atoms with E-state index in [4.69, 9.17) is 16.6 Å². The Morgan fingerprint density at radius 1 is 0.972 bits per heavy atom. The Hall–Kier alpha value is -4.57. The highest BCUT2D eigenvalue weighted by Gasteiger charge is 2.41. The molecule has 0 radical (unpaired) electrons. The number of hydrogen-bond donors (Lipinski definition) is 3. The molecule has 0 unspecified atom stereocenters. The quantitative estimate of drug-likeness (QED) is 0.316. The number of rotatable bonds is 7. The van der Waals surface area contributed by atoms with E-state index in [9.17, 15) is 19.8 Å². The number of nitrogens with one attached hydrogen (secondary N) is 1. The fourth-order valence-electron chi connectivity index (χ4n) is 4.25. The van der Waals surface area contributed by atoms with Crippen molar-refractivity contribution in [2.45, 2.75) is 18.6 Å². The van der Waals surface area contributed by atoms with Gasteiger partial charge in [-0.2, -0.15) is 0 Å². The van der Waals surface area contributed by atoms with Crippen LogP contribution in [0.2, 0.25) is 0 Å². The first-order valence-corrected chi connectivity index (χ1v) is 11.4. The average molecular weight is 501 g/mol. The highest BCUT2D eigenvalue weighted by atomic mass is 32.1. The smallest absolute Gasteiger partial charge is 0.335 e. The number of aromatic carboxylic acids is 2. The summed E-state index contributed by atoms with van der Waals surface area (Å²) in [6.45, 7) is 0.496. The molecule has 10 heteroatoms. The van der Waals surface area contributed by atoms with Gasteiger partial charge in [-0.3, -0.25) is 9.97 Å². The van der Waals surface area contributed by atoms with Crippen LogP contribution in [0.15, 0.2) is 83.7 Å². The lowest BCUT2D eigenvalue weighted by Crippen LogP contribution is -2.29.